The third-order valence-electron chi connectivity index (χ3n) is 2.76. The fourth-order valence-corrected chi connectivity index (χ4v) is 2.34. The van der Waals surface area contributed by atoms with E-state index in [1.165, 1.54) is 24.6 Å². The Morgan fingerprint density at radius 1 is 1.47 bits per heavy atom. The van der Waals surface area contributed by atoms with Crippen molar-refractivity contribution in [1.29, 1.82) is 0 Å². The van der Waals surface area contributed by atoms with E-state index in [0.717, 1.165) is 5.69 Å². The van der Waals surface area contributed by atoms with E-state index >= 15 is 0 Å². The summed E-state index contributed by atoms with van der Waals surface area (Å²) in [5.41, 5.74) is 1.68. The van der Waals surface area contributed by atoms with Crippen LogP contribution in [0.4, 0.5) is 5.69 Å². The molecule has 0 saturated heterocycles. The topological polar surface area (TPSA) is 73.2 Å². The van der Waals surface area contributed by atoms with E-state index in [-0.39, 0.29) is 5.91 Å². The van der Waals surface area contributed by atoms with Crippen molar-refractivity contribution in [3.63, 3.8) is 0 Å². The molecule has 0 unspecified atom stereocenters. The second-order valence-corrected chi connectivity index (χ2v) is 4.79. The van der Waals surface area contributed by atoms with Crippen LogP contribution in [0.1, 0.15) is 25.7 Å². The fourth-order valence-electron chi connectivity index (χ4n) is 1.57. The Morgan fingerprint density at radius 3 is 2.79 bits per heavy atom. The largest absolute Gasteiger partial charge is 0.465 e. The van der Waals surface area contributed by atoms with Gasteiger partial charge < -0.3 is 10.1 Å². The maximum atomic E-state index is 12.1. The fraction of sp³-hybridized carbons (Fsp3) is 0.250. The van der Waals surface area contributed by atoms with Gasteiger partial charge in [0.25, 0.3) is 5.91 Å². The molecule has 2 rings (SSSR count). The van der Waals surface area contributed by atoms with Gasteiger partial charge in [0.15, 0.2) is 0 Å². The van der Waals surface area contributed by atoms with E-state index in [1.54, 1.807) is 30.1 Å². The maximum Gasteiger partial charge on any atom is 0.350 e. The summed E-state index contributed by atoms with van der Waals surface area (Å²) >= 11 is 1.22. The number of ether oxygens (including phenoxy) is 1. The summed E-state index contributed by atoms with van der Waals surface area (Å²) in [6.45, 7) is 1.80. The molecule has 6 nitrogen and oxygen atoms in total. The van der Waals surface area contributed by atoms with Crippen LogP contribution in [0.5, 0.6) is 0 Å². The molecule has 0 aliphatic carbocycles. The molecule has 0 aliphatic heterocycles. The Morgan fingerprint density at radius 2 is 2.21 bits per heavy atom. The minimum Gasteiger partial charge on any atom is -0.465 e. The van der Waals surface area contributed by atoms with Crippen molar-refractivity contribution in [3.8, 4) is 0 Å². The number of amides is 1. The van der Waals surface area contributed by atoms with E-state index in [9.17, 15) is 9.59 Å². The number of methoxy groups -OCH3 is 1. The number of rotatable bonds is 3. The normalized spacial score (nSPS) is 10.3. The molecule has 0 bridgehead atoms. The highest BCUT2D eigenvalue weighted by molar-refractivity contribution is 7.12. The van der Waals surface area contributed by atoms with Gasteiger partial charge in [0.2, 0.25) is 0 Å². The number of thiophene rings is 1. The first-order valence-corrected chi connectivity index (χ1v) is 6.38. The molecule has 2 aromatic heterocycles. The molecule has 2 aromatic rings. The standard InChI is InChI=1S/C12H13N3O3S/c1-7-8(6-13-15(7)2)11(16)14-9-4-5-19-10(9)12(17)18-3/h4-6H,1-3H3,(H,14,16). The van der Waals surface area contributed by atoms with Gasteiger partial charge >= 0.3 is 5.97 Å². The summed E-state index contributed by atoms with van der Waals surface area (Å²) < 4.78 is 6.27. The number of nitrogens with zero attached hydrogens (tertiary/aromatic N) is 2. The number of nitrogens with one attached hydrogen (secondary N) is 1. The summed E-state index contributed by atoms with van der Waals surface area (Å²) in [6.07, 6.45) is 1.49. The molecular weight excluding hydrogens is 266 g/mol. The predicted octanol–water partition coefficient (Wildman–Crippen LogP) is 1.83. The zero-order valence-corrected chi connectivity index (χ0v) is 11.6. The van der Waals surface area contributed by atoms with Crippen LogP contribution in [0.3, 0.4) is 0 Å². The Bertz CT molecular complexity index is 630. The molecular formula is C12H13N3O3S. The summed E-state index contributed by atoms with van der Waals surface area (Å²) in [6, 6.07) is 1.67. The Labute approximate surface area is 114 Å². The predicted molar refractivity (Wildman–Crippen MR) is 71.6 cm³/mol. The molecule has 0 aromatic carbocycles. The molecule has 7 heteroatoms. The van der Waals surface area contributed by atoms with Gasteiger partial charge in [-0.3, -0.25) is 9.48 Å². The molecule has 0 spiro atoms. The molecule has 0 atom stereocenters. The van der Waals surface area contributed by atoms with Crippen molar-refractivity contribution in [2.24, 2.45) is 7.05 Å². The van der Waals surface area contributed by atoms with Gasteiger partial charge in [0, 0.05) is 12.7 Å². The van der Waals surface area contributed by atoms with E-state index in [0.29, 0.717) is 16.1 Å². The Balaban J connectivity index is 2.23. The number of hydrogen-bond acceptors (Lipinski definition) is 5. The molecule has 0 saturated carbocycles. The lowest BCUT2D eigenvalue weighted by Gasteiger charge is -2.05. The number of carbonyl (C=O) groups excluding carboxylic acids is 2. The second kappa shape index (κ2) is 5.23. The van der Waals surface area contributed by atoms with Crippen LogP contribution in [-0.2, 0) is 11.8 Å². The minimum atomic E-state index is -0.465. The van der Waals surface area contributed by atoms with E-state index in [2.05, 4.69) is 15.2 Å². The van der Waals surface area contributed by atoms with Crippen molar-refractivity contribution in [1.82, 2.24) is 9.78 Å². The third kappa shape index (κ3) is 2.50. The first-order chi connectivity index (χ1) is 9.04. The molecule has 1 N–H and O–H groups in total. The van der Waals surface area contributed by atoms with E-state index in [4.69, 9.17) is 0 Å². The van der Waals surface area contributed by atoms with Gasteiger partial charge in [-0.05, 0) is 18.4 Å². The van der Waals surface area contributed by atoms with Gasteiger partial charge in [0.1, 0.15) is 4.88 Å². The first kappa shape index (κ1) is 13.3. The lowest BCUT2D eigenvalue weighted by Crippen LogP contribution is -2.14. The van der Waals surface area contributed by atoms with Gasteiger partial charge in [-0.1, -0.05) is 0 Å². The van der Waals surface area contributed by atoms with Crippen LogP contribution >= 0.6 is 11.3 Å². The average molecular weight is 279 g/mol. The smallest absolute Gasteiger partial charge is 0.350 e. The highest BCUT2D eigenvalue weighted by Crippen LogP contribution is 2.24. The van der Waals surface area contributed by atoms with Crippen molar-refractivity contribution < 1.29 is 14.3 Å². The highest BCUT2D eigenvalue weighted by Gasteiger charge is 2.18. The minimum absolute atomic E-state index is 0.297. The molecule has 0 aliphatic rings. The molecule has 0 radical (unpaired) electrons. The second-order valence-electron chi connectivity index (χ2n) is 3.88. The Hall–Kier alpha value is -2.15. The van der Waals surface area contributed by atoms with Crippen LogP contribution in [0, 0.1) is 6.92 Å². The third-order valence-corrected chi connectivity index (χ3v) is 3.66. The van der Waals surface area contributed by atoms with Crippen molar-refractivity contribution in [2.75, 3.05) is 12.4 Å². The molecule has 1 amide bonds. The van der Waals surface area contributed by atoms with Gasteiger partial charge in [-0.15, -0.1) is 11.3 Å². The summed E-state index contributed by atoms with van der Waals surface area (Å²) in [5.74, 6) is -0.762. The van der Waals surface area contributed by atoms with Crippen LogP contribution in [0.25, 0.3) is 0 Å². The quantitative estimate of drug-likeness (QED) is 0.870. The lowest BCUT2D eigenvalue weighted by molar-refractivity contribution is 0.0607. The van der Waals surface area contributed by atoms with Crippen LogP contribution in [0.15, 0.2) is 17.6 Å². The Kier molecular flexibility index (Phi) is 3.66. The number of esters is 1. The number of anilines is 1. The van der Waals surface area contributed by atoms with Crippen molar-refractivity contribution in [3.05, 3.63) is 33.8 Å². The van der Waals surface area contributed by atoms with Crippen molar-refractivity contribution in [2.45, 2.75) is 6.92 Å². The van der Waals surface area contributed by atoms with Gasteiger partial charge in [-0.2, -0.15) is 5.10 Å². The number of aryl methyl sites for hydroxylation is 1. The van der Waals surface area contributed by atoms with Crippen LogP contribution in [-0.4, -0.2) is 28.8 Å². The van der Waals surface area contributed by atoms with Crippen molar-refractivity contribution >= 4 is 28.9 Å². The number of aromatic nitrogens is 2. The van der Waals surface area contributed by atoms with Gasteiger partial charge in [-0.25, -0.2) is 4.79 Å². The highest BCUT2D eigenvalue weighted by atomic mass is 32.1. The van der Waals surface area contributed by atoms with Gasteiger partial charge in [0.05, 0.1) is 24.6 Å². The summed E-state index contributed by atoms with van der Waals surface area (Å²) in [5, 5.41) is 8.42. The summed E-state index contributed by atoms with van der Waals surface area (Å²) in [4.78, 5) is 24.0. The number of carbonyl (C=O) groups is 2. The average Bonchev–Trinajstić information content (AvgIpc) is 2.97. The lowest BCUT2D eigenvalue weighted by atomic mass is 10.2. The zero-order valence-electron chi connectivity index (χ0n) is 10.8. The van der Waals surface area contributed by atoms with E-state index in [1.807, 2.05) is 0 Å². The first-order valence-electron chi connectivity index (χ1n) is 5.50. The number of hydrogen-bond donors (Lipinski definition) is 1. The molecule has 19 heavy (non-hydrogen) atoms. The van der Waals surface area contributed by atoms with Crippen LogP contribution < -0.4 is 5.32 Å². The molecule has 2 heterocycles. The molecule has 100 valence electrons. The van der Waals surface area contributed by atoms with E-state index < -0.39 is 5.97 Å². The summed E-state index contributed by atoms with van der Waals surface area (Å²) in [7, 11) is 3.06. The monoisotopic (exact) mass is 279 g/mol. The maximum absolute atomic E-state index is 12.1. The molecule has 0 fully saturated rings. The zero-order chi connectivity index (χ0) is 14.0. The van der Waals surface area contributed by atoms with Crippen LogP contribution in [0.2, 0.25) is 0 Å². The SMILES string of the molecule is COC(=O)c1sccc1NC(=O)c1cnn(C)c1C.